The molecule has 2 amide bonds. The third-order valence-corrected chi connectivity index (χ3v) is 5.89. The van der Waals surface area contributed by atoms with E-state index < -0.39 is 27.9 Å². The summed E-state index contributed by atoms with van der Waals surface area (Å²) in [6, 6.07) is 13.8. The Morgan fingerprint density at radius 3 is 2.52 bits per heavy atom. The van der Waals surface area contributed by atoms with Crippen molar-refractivity contribution in [2.45, 2.75) is 30.7 Å². The lowest BCUT2D eigenvalue weighted by Crippen LogP contribution is -2.45. The molecule has 130 valence electrons. The number of nitrogens with one attached hydrogen (secondary N) is 1. The quantitative estimate of drug-likeness (QED) is 0.909. The van der Waals surface area contributed by atoms with Crippen molar-refractivity contribution in [2.24, 2.45) is 0 Å². The van der Waals surface area contributed by atoms with Gasteiger partial charge in [-0.2, -0.15) is 0 Å². The predicted octanol–water partition coefficient (Wildman–Crippen LogP) is 2.31. The largest absolute Gasteiger partial charge is 0.324 e. The Labute approximate surface area is 146 Å². The first kappa shape index (κ1) is 17.2. The van der Waals surface area contributed by atoms with Gasteiger partial charge in [-0.15, -0.1) is 0 Å². The Hall–Kier alpha value is -2.67. The minimum Gasteiger partial charge on any atom is -0.324 e. The number of hydrogen-bond acceptors (Lipinski definition) is 4. The van der Waals surface area contributed by atoms with Crippen molar-refractivity contribution in [1.82, 2.24) is 4.31 Å². The van der Waals surface area contributed by atoms with Crippen molar-refractivity contribution in [2.75, 3.05) is 5.32 Å². The van der Waals surface area contributed by atoms with Crippen LogP contribution in [0.2, 0.25) is 0 Å². The number of aryl methyl sites for hydroxylation is 1. The molecule has 7 heteroatoms. The molecule has 1 atom stereocenters. The highest BCUT2D eigenvalue weighted by Gasteiger charge is 2.44. The Kier molecular flexibility index (Phi) is 4.59. The fraction of sp³-hybridized carbons (Fsp3) is 0.222. The molecule has 1 N–H and O–H groups in total. The highest BCUT2D eigenvalue weighted by molar-refractivity contribution is 7.89. The third-order valence-electron chi connectivity index (χ3n) is 4.05. The van der Waals surface area contributed by atoms with Crippen molar-refractivity contribution in [3.63, 3.8) is 0 Å². The number of anilines is 1. The van der Waals surface area contributed by atoms with Gasteiger partial charge in [-0.1, -0.05) is 30.3 Å². The van der Waals surface area contributed by atoms with Gasteiger partial charge in [0.2, 0.25) is 11.8 Å². The summed E-state index contributed by atoms with van der Waals surface area (Å²) in [6.07, 6.45) is 0.195. The summed E-state index contributed by atoms with van der Waals surface area (Å²) in [6.45, 7) is 1.89. The lowest BCUT2D eigenvalue weighted by Gasteiger charge is -2.23. The van der Waals surface area contributed by atoms with E-state index in [1.165, 1.54) is 12.1 Å². The van der Waals surface area contributed by atoms with Crippen LogP contribution in [0.15, 0.2) is 59.5 Å². The van der Waals surface area contributed by atoms with Crippen molar-refractivity contribution in [3.8, 4) is 0 Å². The zero-order valence-electron chi connectivity index (χ0n) is 13.7. The molecule has 6 nitrogen and oxygen atoms in total. The fourth-order valence-electron chi connectivity index (χ4n) is 2.86. The number of amides is 2. The van der Waals surface area contributed by atoms with Gasteiger partial charge in [-0.05, 0) is 43.2 Å². The Morgan fingerprint density at radius 1 is 1.12 bits per heavy atom. The monoisotopic (exact) mass is 358 g/mol. The molecule has 0 aliphatic carbocycles. The van der Waals surface area contributed by atoms with Crippen LogP contribution in [-0.2, 0) is 19.6 Å². The van der Waals surface area contributed by atoms with Crippen LogP contribution >= 0.6 is 0 Å². The van der Waals surface area contributed by atoms with Gasteiger partial charge < -0.3 is 5.32 Å². The molecule has 0 spiro atoms. The SMILES string of the molecule is Cc1cccc(NC(=O)C2CCC(=O)N2S(=O)(=O)c2ccccc2)c1. The normalized spacial score (nSPS) is 17.6. The second-order valence-electron chi connectivity index (χ2n) is 5.92. The Balaban J connectivity index is 1.88. The number of sulfonamides is 1. The average Bonchev–Trinajstić information content (AvgIpc) is 2.98. The second kappa shape index (κ2) is 6.68. The van der Waals surface area contributed by atoms with Gasteiger partial charge in [0, 0.05) is 12.1 Å². The lowest BCUT2D eigenvalue weighted by atomic mass is 10.2. The minimum atomic E-state index is -4.06. The van der Waals surface area contributed by atoms with E-state index in [0.717, 1.165) is 5.56 Å². The predicted molar refractivity (Wildman–Crippen MR) is 93.3 cm³/mol. The van der Waals surface area contributed by atoms with Crippen molar-refractivity contribution in [1.29, 1.82) is 0 Å². The number of carbonyl (C=O) groups is 2. The van der Waals surface area contributed by atoms with Crippen LogP contribution in [0.5, 0.6) is 0 Å². The summed E-state index contributed by atoms with van der Waals surface area (Å²) >= 11 is 0. The van der Waals surface area contributed by atoms with Crippen LogP contribution < -0.4 is 5.32 Å². The van der Waals surface area contributed by atoms with E-state index in [9.17, 15) is 18.0 Å². The second-order valence-corrected chi connectivity index (χ2v) is 7.74. The lowest BCUT2D eigenvalue weighted by molar-refractivity contribution is -0.128. The molecule has 2 aromatic rings. The summed E-state index contributed by atoms with van der Waals surface area (Å²) in [5, 5.41) is 2.70. The standard InChI is InChI=1S/C18H18N2O4S/c1-13-6-5-7-14(12-13)19-18(22)16-10-11-17(21)20(16)25(23,24)15-8-3-2-4-9-15/h2-9,12,16H,10-11H2,1H3,(H,19,22). The molecule has 1 heterocycles. The smallest absolute Gasteiger partial charge is 0.267 e. The molecule has 2 aromatic carbocycles. The zero-order valence-corrected chi connectivity index (χ0v) is 14.5. The van der Waals surface area contributed by atoms with E-state index in [1.807, 2.05) is 13.0 Å². The first-order valence-corrected chi connectivity index (χ1v) is 9.33. The number of hydrogen-bond donors (Lipinski definition) is 1. The molecule has 1 aliphatic heterocycles. The van der Waals surface area contributed by atoms with Crippen molar-refractivity contribution < 1.29 is 18.0 Å². The number of rotatable bonds is 4. The first-order valence-electron chi connectivity index (χ1n) is 7.89. The van der Waals surface area contributed by atoms with Crippen LogP contribution in [0.4, 0.5) is 5.69 Å². The van der Waals surface area contributed by atoms with Crippen LogP contribution in [0.3, 0.4) is 0 Å². The van der Waals surface area contributed by atoms with Crippen LogP contribution in [0.1, 0.15) is 18.4 Å². The summed E-state index contributed by atoms with van der Waals surface area (Å²) in [4.78, 5) is 24.8. The van der Waals surface area contributed by atoms with E-state index in [0.29, 0.717) is 9.99 Å². The molecular weight excluding hydrogens is 340 g/mol. The highest BCUT2D eigenvalue weighted by Crippen LogP contribution is 2.28. The number of carbonyl (C=O) groups excluding carboxylic acids is 2. The maximum atomic E-state index is 12.8. The number of benzene rings is 2. The fourth-order valence-corrected chi connectivity index (χ4v) is 4.48. The van der Waals surface area contributed by atoms with E-state index in [2.05, 4.69) is 5.32 Å². The number of nitrogens with zero attached hydrogens (tertiary/aromatic N) is 1. The van der Waals surface area contributed by atoms with E-state index in [-0.39, 0.29) is 17.7 Å². The molecule has 1 saturated heterocycles. The Morgan fingerprint density at radius 2 is 1.84 bits per heavy atom. The maximum absolute atomic E-state index is 12.8. The van der Waals surface area contributed by atoms with Gasteiger partial charge in [0.25, 0.3) is 10.0 Å². The highest BCUT2D eigenvalue weighted by atomic mass is 32.2. The molecule has 1 aliphatic rings. The summed E-state index contributed by atoms with van der Waals surface area (Å²) < 4.78 is 26.3. The molecule has 1 fully saturated rings. The van der Waals surface area contributed by atoms with Gasteiger partial charge in [0.05, 0.1) is 4.90 Å². The topological polar surface area (TPSA) is 83.6 Å². The summed E-state index contributed by atoms with van der Waals surface area (Å²) in [5.41, 5.74) is 1.54. The molecule has 1 unspecified atom stereocenters. The maximum Gasteiger partial charge on any atom is 0.267 e. The van der Waals surface area contributed by atoms with Crippen molar-refractivity contribution >= 4 is 27.5 Å². The van der Waals surface area contributed by atoms with E-state index >= 15 is 0 Å². The van der Waals surface area contributed by atoms with Gasteiger partial charge in [0.1, 0.15) is 6.04 Å². The molecule has 0 saturated carbocycles. The average molecular weight is 358 g/mol. The Bertz CT molecular complexity index is 910. The third kappa shape index (κ3) is 3.41. The van der Waals surface area contributed by atoms with Crippen molar-refractivity contribution in [3.05, 3.63) is 60.2 Å². The van der Waals surface area contributed by atoms with Gasteiger partial charge >= 0.3 is 0 Å². The van der Waals surface area contributed by atoms with Gasteiger partial charge in [0.15, 0.2) is 0 Å². The van der Waals surface area contributed by atoms with E-state index in [1.54, 1.807) is 36.4 Å². The van der Waals surface area contributed by atoms with E-state index in [4.69, 9.17) is 0 Å². The van der Waals surface area contributed by atoms with Gasteiger partial charge in [-0.25, -0.2) is 12.7 Å². The molecule has 3 rings (SSSR count). The zero-order chi connectivity index (χ0) is 18.0. The van der Waals surface area contributed by atoms with Crippen LogP contribution in [0.25, 0.3) is 0 Å². The molecule has 0 bridgehead atoms. The van der Waals surface area contributed by atoms with Crippen LogP contribution in [-0.4, -0.2) is 30.6 Å². The molecule has 25 heavy (non-hydrogen) atoms. The summed E-state index contributed by atoms with van der Waals surface area (Å²) in [5.74, 6) is -1.07. The van der Waals surface area contributed by atoms with Crippen LogP contribution in [0, 0.1) is 6.92 Å². The molecular formula is C18H18N2O4S. The molecule has 0 radical (unpaired) electrons. The summed E-state index contributed by atoms with van der Waals surface area (Å²) in [7, 11) is -4.06. The molecule has 0 aromatic heterocycles. The minimum absolute atomic E-state index is 0.00129. The first-order chi connectivity index (χ1) is 11.9. The van der Waals surface area contributed by atoms with Gasteiger partial charge in [-0.3, -0.25) is 9.59 Å².